The summed E-state index contributed by atoms with van der Waals surface area (Å²) in [7, 11) is 0. The van der Waals surface area contributed by atoms with Crippen LogP contribution in [-0.4, -0.2) is 25.0 Å². The number of ether oxygens (including phenoxy) is 3. The summed E-state index contributed by atoms with van der Waals surface area (Å²) in [5, 5.41) is 0. The number of hydrogen-bond acceptors (Lipinski definition) is 5. The van der Waals surface area contributed by atoms with Gasteiger partial charge in [0, 0.05) is 16.7 Å². The fourth-order valence-electron chi connectivity index (χ4n) is 3.46. The van der Waals surface area contributed by atoms with Crippen LogP contribution in [0, 0.1) is 5.41 Å². The molecule has 2 rings (SSSR count). The highest BCUT2D eigenvalue weighted by molar-refractivity contribution is 6.07. The summed E-state index contributed by atoms with van der Waals surface area (Å²) < 4.78 is 18.6. The fraction of sp³-hybridized carbons (Fsp3) is 0.500. The molecule has 0 saturated carbocycles. The van der Waals surface area contributed by atoms with Gasteiger partial charge in [0.1, 0.15) is 0 Å². The Morgan fingerprint density at radius 1 is 0.811 bits per heavy atom. The maximum atomic E-state index is 13.1. The van der Waals surface area contributed by atoms with Crippen molar-refractivity contribution in [1.29, 1.82) is 0 Å². The molecule has 0 saturated heterocycles. The molecule has 0 aliphatic carbocycles. The third kappa shape index (κ3) is 8.77. The number of unbranched alkanes of at least 4 members (excludes halogenated alkanes) is 2. The van der Waals surface area contributed by atoms with Crippen molar-refractivity contribution in [3.63, 3.8) is 0 Å². The van der Waals surface area contributed by atoms with Gasteiger partial charge in [-0.15, -0.1) is 0 Å². The summed E-state index contributed by atoms with van der Waals surface area (Å²) in [6, 6.07) is 11.1. The zero-order chi connectivity index (χ0) is 27.6. The van der Waals surface area contributed by atoms with Gasteiger partial charge in [0.15, 0.2) is 17.3 Å². The van der Waals surface area contributed by atoms with E-state index in [1.165, 1.54) is 6.08 Å². The van der Waals surface area contributed by atoms with Crippen LogP contribution in [0.1, 0.15) is 103 Å². The molecule has 0 aliphatic rings. The Bertz CT molecular complexity index is 1070. The number of hydrogen-bond donors (Lipinski definition) is 0. The predicted octanol–water partition coefficient (Wildman–Crippen LogP) is 8.19. The van der Waals surface area contributed by atoms with Crippen LogP contribution in [0.5, 0.6) is 17.2 Å². The number of carbonyl (C=O) groups is 2. The molecule has 2 aromatic carbocycles. The van der Waals surface area contributed by atoms with Crippen LogP contribution in [0.2, 0.25) is 0 Å². The summed E-state index contributed by atoms with van der Waals surface area (Å²) in [6.07, 6.45) is 6.92. The largest absolute Gasteiger partial charge is 0.489 e. The van der Waals surface area contributed by atoms with E-state index in [0.717, 1.165) is 31.2 Å². The molecule has 0 fully saturated rings. The first-order valence-corrected chi connectivity index (χ1v) is 13.4. The van der Waals surface area contributed by atoms with Gasteiger partial charge in [-0.2, -0.15) is 0 Å². The van der Waals surface area contributed by atoms with E-state index in [9.17, 15) is 9.59 Å². The number of rotatable bonds is 12. The molecular formula is C32H44O5. The van der Waals surface area contributed by atoms with Gasteiger partial charge in [-0.3, -0.25) is 9.59 Å². The second-order valence-corrected chi connectivity index (χ2v) is 11.4. The third-order valence-corrected chi connectivity index (χ3v) is 5.80. The Balaban J connectivity index is 2.76. The zero-order valence-corrected chi connectivity index (χ0v) is 23.9. The fourth-order valence-corrected chi connectivity index (χ4v) is 3.46. The van der Waals surface area contributed by atoms with E-state index in [-0.39, 0.29) is 22.9 Å². The molecule has 0 aliphatic heterocycles. The number of carbonyl (C=O) groups excluding carboxylic acids is 2. The Morgan fingerprint density at radius 3 is 1.89 bits per heavy atom. The van der Waals surface area contributed by atoms with Crippen LogP contribution in [-0.2, 0) is 10.2 Å². The minimum Gasteiger partial charge on any atom is -0.489 e. The average molecular weight is 509 g/mol. The van der Waals surface area contributed by atoms with Crippen LogP contribution in [0.25, 0.3) is 6.08 Å². The first-order chi connectivity index (χ1) is 17.4. The molecule has 0 heterocycles. The molecule has 0 bridgehead atoms. The van der Waals surface area contributed by atoms with Crippen molar-refractivity contribution in [3.05, 3.63) is 59.2 Å². The summed E-state index contributed by atoms with van der Waals surface area (Å²) in [4.78, 5) is 26.0. The van der Waals surface area contributed by atoms with Crippen molar-refractivity contribution in [3.8, 4) is 17.2 Å². The lowest BCUT2D eigenvalue weighted by Gasteiger charge is -2.28. The predicted molar refractivity (Wildman–Crippen MR) is 151 cm³/mol. The van der Waals surface area contributed by atoms with Crippen LogP contribution in [0.4, 0.5) is 0 Å². The summed E-state index contributed by atoms with van der Waals surface area (Å²) in [5.74, 6) is 0.731. The normalized spacial score (nSPS) is 12.0. The lowest BCUT2D eigenvalue weighted by atomic mass is 9.84. The van der Waals surface area contributed by atoms with Gasteiger partial charge in [0.25, 0.3) is 0 Å². The van der Waals surface area contributed by atoms with Crippen molar-refractivity contribution >= 4 is 17.8 Å². The molecule has 37 heavy (non-hydrogen) atoms. The standard InChI is InChI=1S/C32H44O5/c1-9-11-20-35-27-24(18-19-26(33)23-16-14-13-15-17-23)22-25(31(3,4)5)28(36-21-12-10-2)29(27)37-30(34)32(6,7)8/h13-19,22H,9-12,20-21H2,1-8H3. The first-order valence-electron chi connectivity index (χ1n) is 13.4. The molecule has 0 unspecified atom stereocenters. The highest BCUT2D eigenvalue weighted by atomic mass is 16.6. The van der Waals surface area contributed by atoms with Crippen molar-refractivity contribution in [2.24, 2.45) is 5.41 Å². The zero-order valence-electron chi connectivity index (χ0n) is 23.9. The van der Waals surface area contributed by atoms with Crippen LogP contribution in [0.15, 0.2) is 42.5 Å². The van der Waals surface area contributed by atoms with E-state index in [1.54, 1.807) is 18.2 Å². The van der Waals surface area contributed by atoms with Crippen LogP contribution < -0.4 is 14.2 Å². The van der Waals surface area contributed by atoms with E-state index in [0.29, 0.717) is 35.8 Å². The monoisotopic (exact) mass is 508 g/mol. The summed E-state index contributed by atoms with van der Waals surface area (Å²) >= 11 is 0. The van der Waals surface area contributed by atoms with E-state index in [2.05, 4.69) is 34.6 Å². The van der Waals surface area contributed by atoms with E-state index < -0.39 is 5.41 Å². The lowest BCUT2D eigenvalue weighted by Crippen LogP contribution is -2.27. The number of esters is 1. The SMILES string of the molecule is CCCCOc1c(C=CC(=O)c2ccccc2)cc(C(C)(C)C)c(OCCCC)c1OC(=O)C(C)(C)C. The molecular weight excluding hydrogens is 464 g/mol. The molecule has 0 spiro atoms. The maximum Gasteiger partial charge on any atom is 0.316 e. The smallest absolute Gasteiger partial charge is 0.316 e. The molecule has 0 radical (unpaired) electrons. The summed E-state index contributed by atoms with van der Waals surface area (Å²) in [5.41, 5.74) is 1.11. The number of allylic oxidation sites excluding steroid dienone is 1. The Morgan fingerprint density at radius 2 is 1.38 bits per heavy atom. The van der Waals surface area contributed by atoms with Crippen LogP contribution >= 0.6 is 0 Å². The second-order valence-electron chi connectivity index (χ2n) is 11.4. The highest BCUT2D eigenvalue weighted by Crippen LogP contribution is 2.48. The second kappa shape index (κ2) is 13.5. The molecule has 0 atom stereocenters. The van der Waals surface area contributed by atoms with Crippen molar-refractivity contribution in [2.45, 2.75) is 86.5 Å². The Kier molecular flexibility index (Phi) is 11.0. The van der Waals surface area contributed by atoms with Gasteiger partial charge in [0.05, 0.1) is 18.6 Å². The van der Waals surface area contributed by atoms with Gasteiger partial charge in [-0.25, -0.2) is 0 Å². The Hall–Kier alpha value is -3.08. The molecule has 5 heteroatoms. The van der Waals surface area contributed by atoms with Crippen LogP contribution in [0.3, 0.4) is 0 Å². The van der Waals surface area contributed by atoms with Gasteiger partial charge in [-0.1, -0.05) is 77.8 Å². The van der Waals surface area contributed by atoms with E-state index in [4.69, 9.17) is 14.2 Å². The topological polar surface area (TPSA) is 61.8 Å². The van der Waals surface area contributed by atoms with Gasteiger partial charge in [-0.05, 0) is 57.2 Å². The molecule has 0 N–H and O–H groups in total. The quantitative estimate of drug-likeness (QED) is 0.0951. The Labute approximate surface area is 223 Å². The summed E-state index contributed by atoms with van der Waals surface area (Å²) in [6.45, 7) is 16.9. The van der Waals surface area contributed by atoms with Gasteiger partial charge >= 0.3 is 5.97 Å². The molecule has 2 aromatic rings. The maximum absolute atomic E-state index is 13.1. The van der Waals surface area contributed by atoms with Gasteiger partial charge in [0.2, 0.25) is 5.75 Å². The molecule has 0 amide bonds. The van der Waals surface area contributed by atoms with Crippen molar-refractivity contribution in [1.82, 2.24) is 0 Å². The number of benzene rings is 2. The third-order valence-electron chi connectivity index (χ3n) is 5.80. The lowest BCUT2D eigenvalue weighted by molar-refractivity contribution is -0.143. The van der Waals surface area contributed by atoms with E-state index in [1.807, 2.05) is 45.0 Å². The average Bonchev–Trinajstić information content (AvgIpc) is 2.83. The molecule has 0 aromatic heterocycles. The van der Waals surface area contributed by atoms with Gasteiger partial charge < -0.3 is 14.2 Å². The first kappa shape index (κ1) is 30.1. The molecule has 202 valence electrons. The highest BCUT2D eigenvalue weighted by Gasteiger charge is 2.32. The van der Waals surface area contributed by atoms with E-state index >= 15 is 0 Å². The minimum atomic E-state index is -0.724. The van der Waals surface area contributed by atoms with Crippen molar-refractivity contribution in [2.75, 3.05) is 13.2 Å². The minimum absolute atomic E-state index is 0.117. The number of ketones is 1. The molecule has 5 nitrogen and oxygen atoms in total. The van der Waals surface area contributed by atoms with Crippen molar-refractivity contribution < 1.29 is 23.8 Å².